The minimum Gasteiger partial charge on any atom is -0.320 e. The molecule has 0 fully saturated rings. The fourth-order valence-electron chi connectivity index (χ4n) is 3.51. The second kappa shape index (κ2) is 6.08. The second-order valence-corrected chi connectivity index (χ2v) is 6.93. The Labute approximate surface area is 147 Å². The van der Waals surface area contributed by atoms with E-state index in [0.29, 0.717) is 0 Å². The molecule has 0 amide bonds. The quantitative estimate of drug-likeness (QED) is 0.676. The zero-order valence-corrected chi connectivity index (χ0v) is 14.7. The van der Waals surface area contributed by atoms with Crippen LogP contribution in [0.1, 0.15) is 23.7 Å². The first kappa shape index (κ1) is 15.4. The number of hydrogen-bond donors (Lipinski definition) is 0. The average molecular weight is 338 g/mol. The maximum Gasteiger partial charge on any atom is 0.0529 e. The summed E-state index contributed by atoms with van der Waals surface area (Å²) in [6, 6.07) is 10.3. The van der Waals surface area contributed by atoms with Crippen molar-refractivity contribution in [3.05, 3.63) is 64.6 Å². The van der Waals surface area contributed by atoms with Gasteiger partial charge >= 0.3 is 0 Å². The summed E-state index contributed by atoms with van der Waals surface area (Å²) in [5, 5.41) is 2.06. The van der Waals surface area contributed by atoms with Crippen molar-refractivity contribution in [3.8, 4) is 0 Å². The topological polar surface area (TPSA) is 21.1 Å². The summed E-state index contributed by atoms with van der Waals surface area (Å²) in [7, 11) is 2.17. The molecule has 3 heterocycles. The number of likely N-dealkylation sites (N-methyl/N-ethyl adjacent to an activating group) is 1. The molecule has 122 valence electrons. The Bertz CT molecular complexity index is 925. The van der Waals surface area contributed by atoms with Gasteiger partial charge in [0, 0.05) is 54.2 Å². The van der Waals surface area contributed by atoms with Crippen molar-refractivity contribution in [2.24, 2.45) is 0 Å². The minimum absolute atomic E-state index is 0.795. The molecule has 0 saturated carbocycles. The largest absolute Gasteiger partial charge is 0.320 e. The zero-order valence-electron chi connectivity index (χ0n) is 14.0. The number of aromatic nitrogens is 2. The lowest BCUT2D eigenvalue weighted by Gasteiger charge is -2.23. The highest BCUT2D eigenvalue weighted by Gasteiger charge is 2.22. The van der Waals surface area contributed by atoms with Crippen LogP contribution in [-0.2, 0) is 13.0 Å². The minimum atomic E-state index is 0.795. The van der Waals surface area contributed by atoms with Crippen LogP contribution in [0.5, 0.6) is 0 Å². The molecule has 1 aliphatic heterocycles. The van der Waals surface area contributed by atoms with Gasteiger partial charge in [0.1, 0.15) is 0 Å². The number of halogens is 1. The summed E-state index contributed by atoms with van der Waals surface area (Å²) in [6.07, 6.45) is 7.00. The Hall–Kier alpha value is -2.10. The monoisotopic (exact) mass is 337 g/mol. The van der Waals surface area contributed by atoms with Gasteiger partial charge in [0.05, 0.1) is 5.52 Å². The normalized spacial score (nSPS) is 15.7. The molecule has 1 aromatic carbocycles. The molecule has 4 rings (SSSR count). The van der Waals surface area contributed by atoms with Crippen LogP contribution in [-0.4, -0.2) is 28.0 Å². The standard InChI is InChI=1S/C20H20ClN3/c1-14(15-4-3-8-22-11-15)12-24-19-6-5-16(21)10-17(19)18-13-23(2)9-7-20(18)24/h3-6,8,10-12H,7,9,13H2,1-2H3/b14-12-. The highest BCUT2D eigenvalue weighted by atomic mass is 35.5. The van der Waals surface area contributed by atoms with E-state index in [1.165, 1.54) is 27.7 Å². The van der Waals surface area contributed by atoms with Crippen LogP contribution in [0.15, 0.2) is 42.7 Å². The van der Waals surface area contributed by atoms with E-state index in [-0.39, 0.29) is 0 Å². The van der Waals surface area contributed by atoms with E-state index >= 15 is 0 Å². The second-order valence-electron chi connectivity index (χ2n) is 6.50. The van der Waals surface area contributed by atoms with E-state index in [9.17, 15) is 0 Å². The summed E-state index contributed by atoms with van der Waals surface area (Å²) in [4.78, 5) is 6.60. The Morgan fingerprint density at radius 2 is 2.17 bits per heavy atom. The molecule has 0 saturated heterocycles. The molecule has 3 nitrogen and oxygen atoms in total. The summed E-state index contributed by atoms with van der Waals surface area (Å²) in [6.45, 7) is 4.19. The van der Waals surface area contributed by atoms with Gasteiger partial charge in [-0.05, 0) is 54.9 Å². The van der Waals surface area contributed by atoms with Gasteiger partial charge in [0.2, 0.25) is 0 Å². The molecule has 2 aromatic heterocycles. The molecule has 0 bridgehead atoms. The Morgan fingerprint density at radius 1 is 1.29 bits per heavy atom. The molecule has 0 unspecified atom stereocenters. The van der Waals surface area contributed by atoms with E-state index in [2.05, 4.69) is 52.8 Å². The van der Waals surface area contributed by atoms with Gasteiger partial charge in [-0.1, -0.05) is 17.7 Å². The molecule has 4 heteroatoms. The molecular weight excluding hydrogens is 318 g/mol. The SMILES string of the molecule is C/C(=C/n1c2c(c3cc(Cl)ccc31)CN(C)CC2)c1cccnc1. The average Bonchev–Trinajstić information content (AvgIpc) is 2.88. The number of fused-ring (bicyclic) bond motifs is 3. The van der Waals surface area contributed by atoms with Crippen molar-refractivity contribution < 1.29 is 0 Å². The molecule has 3 aromatic rings. The fraction of sp³-hybridized carbons (Fsp3) is 0.250. The smallest absolute Gasteiger partial charge is 0.0529 e. The zero-order chi connectivity index (χ0) is 16.7. The van der Waals surface area contributed by atoms with Gasteiger partial charge in [-0.3, -0.25) is 4.98 Å². The summed E-state index contributed by atoms with van der Waals surface area (Å²) >= 11 is 6.26. The van der Waals surface area contributed by atoms with Crippen LogP contribution in [0.4, 0.5) is 0 Å². The molecule has 0 spiro atoms. The van der Waals surface area contributed by atoms with Crippen molar-refractivity contribution >= 4 is 34.3 Å². The van der Waals surface area contributed by atoms with Crippen molar-refractivity contribution in [1.82, 2.24) is 14.5 Å². The number of rotatable bonds is 2. The van der Waals surface area contributed by atoms with E-state index in [0.717, 1.165) is 30.1 Å². The fourth-order valence-corrected chi connectivity index (χ4v) is 3.68. The Morgan fingerprint density at radius 3 is 2.96 bits per heavy atom. The van der Waals surface area contributed by atoms with E-state index in [1.807, 2.05) is 24.5 Å². The molecule has 24 heavy (non-hydrogen) atoms. The van der Waals surface area contributed by atoms with Crippen molar-refractivity contribution in [1.29, 1.82) is 0 Å². The molecular formula is C20H20ClN3. The summed E-state index contributed by atoms with van der Waals surface area (Å²) in [5.41, 5.74) is 6.37. The lowest BCUT2D eigenvalue weighted by Crippen LogP contribution is -2.26. The summed E-state index contributed by atoms with van der Waals surface area (Å²) < 4.78 is 2.34. The van der Waals surface area contributed by atoms with Crippen molar-refractivity contribution in [2.45, 2.75) is 19.9 Å². The molecule has 0 atom stereocenters. The third-order valence-corrected chi connectivity index (χ3v) is 5.02. The molecule has 0 N–H and O–H groups in total. The molecule has 1 aliphatic rings. The van der Waals surface area contributed by atoms with Crippen LogP contribution >= 0.6 is 11.6 Å². The lowest BCUT2D eigenvalue weighted by molar-refractivity contribution is 0.312. The van der Waals surface area contributed by atoms with Crippen LogP contribution in [0.25, 0.3) is 22.7 Å². The number of hydrogen-bond acceptors (Lipinski definition) is 2. The highest BCUT2D eigenvalue weighted by molar-refractivity contribution is 6.31. The van der Waals surface area contributed by atoms with Gasteiger partial charge in [-0.25, -0.2) is 0 Å². The Kier molecular flexibility index (Phi) is 3.91. The van der Waals surface area contributed by atoms with E-state index in [1.54, 1.807) is 0 Å². The first-order chi connectivity index (χ1) is 11.6. The maximum absolute atomic E-state index is 6.26. The number of allylic oxidation sites excluding steroid dienone is 1. The van der Waals surface area contributed by atoms with Crippen LogP contribution in [0, 0.1) is 0 Å². The first-order valence-corrected chi connectivity index (χ1v) is 8.60. The van der Waals surface area contributed by atoms with Gasteiger partial charge in [0.25, 0.3) is 0 Å². The number of benzene rings is 1. The van der Waals surface area contributed by atoms with Crippen LogP contribution in [0.2, 0.25) is 5.02 Å². The number of pyridine rings is 1. The van der Waals surface area contributed by atoms with Gasteiger partial charge < -0.3 is 9.47 Å². The Balaban J connectivity index is 1.92. The van der Waals surface area contributed by atoms with Crippen LogP contribution < -0.4 is 0 Å². The highest BCUT2D eigenvalue weighted by Crippen LogP contribution is 2.33. The third kappa shape index (κ3) is 2.64. The molecule has 0 radical (unpaired) electrons. The third-order valence-electron chi connectivity index (χ3n) is 4.78. The van der Waals surface area contributed by atoms with Crippen LogP contribution in [0.3, 0.4) is 0 Å². The lowest BCUT2D eigenvalue weighted by atomic mass is 10.1. The first-order valence-electron chi connectivity index (χ1n) is 8.22. The molecule has 0 aliphatic carbocycles. The van der Waals surface area contributed by atoms with Gasteiger partial charge in [0.15, 0.2) is 0 Å². The predicted octanol–water partition coefficient (Wildman–Crippen LogP) is 4.70. The van der Waals surface area contributed by atoms with Crippen molar-refractivity contribution in [2.75, 3.05) is 13.6 Å². The van der Waals surface area contributed by atoms with Crippen molar-refractivity contribution in [3.63, 3.8) is 0 Å². The van der Waals surface area contributed by atoms with E-state index in [4.69, 9.17) is 11.6 Å². The predicted molar refractivity (Wildman–Crippen MR) is 101 cm³/mol. The number of nitrogens with zero attached hydrogens (tertiary/aromatic N) is 3. The van der Waals surface area contributed by atoms with Gasteiger partial charge in [-0.15, -0.1) is 0 Å². The maximum atomic E-state index is 6.26. The van der Waals surface area contributed by atoms with E-state index < -0.39 is 0 Å². The van der Waals surface area contributed by atoms with Gasteiger partial charge in [-0.2, -0.15) is 0 Å². The summed E-state index contributed by atoms with van der Waals surface area (Å²) in [5.74, 6) is 0.